The number of aliphatic imine (C=N–C) groups is 1. The van der Waals surface area contributed by atoms with Crippen molar-refractivity contribution in [1.82, 2.24) is 5.32 Å². The van der Waals surface area contributed by atoms with Gasteiger partial charge in [0.1, 0.15) is 5.25 Å². The third kappa shape index (κ3) is 3.12. The smallest absolute Gasteiger partial charge is 0.236 e. The third-order valence-corrected chi connectivity index (χ3v) is 4.11. The van der Waals surface area contributed by atoms with Crippen LogP contribution in [0, 0.1) is 23.3 Å². The van der Waals surface area contributed by atoms with Gasteiger partial charge >= 0.3 is 0 Å². The first-order valence-corrected chi connectivity index (χ1v) is 6.78. The standard InChI is InChI=1S/C12H11F4N3OS/c1-4-10(21-12(17)19-4)11(20)18-3-5-2-6(13)8(15)9(16)7(5)14/h2,4,10H,3H2,1H3,(H2,17,19)(H,18,20). The van der Waals surface area contributed by atoms with Crippen molar-refractivity contribution in [2.24, 2.45) is 10.7 Å². The summed E-state index contributed by atoms with van der Waals surface area (Å²) in [5.41, 5.74) is 4.99. The van der Waals surface area contributed by atoms with Gasteiger partial charge in [-0.15, -0.1) is 0 Å². The number of carbonyl (C=O) groups is 1. The van der Waals surface area contributed by atoms with Crippen LogP contribution in [0.1, 0.15) is 12.5 Å². The average molecular weight is 321 g/mol. The Hall–Kier alpha value is -1.77. The van der Waals surface area contributed by atoms with Crippen LogP contribution in [0.5, 0.6) is 0 Å². The molecule has 0 aromatic heterocycles. The molecule has 21 heavy (non-hydrogen) atoms. The predicted molar refractivity (Wildman–Crippen MR) is 70.6 cm³/mol. The van der Waals surface area contributed by atoms with E-state index in [0.717, 1.165) is 11.8 Å². The number of halogens is 4. The fourth-order valence-corrected chi connectivity index (χ4v) is 2.77. The number of nitrogens with one attached hydrogen (secondary N) is 1. The fraction of sp³-hybridized carbons (Fsp3) is 0.333. The summed E-state index contributed by atoms with van der Waals surface area (Å²) in [5.74, 6) is -7.34. The SMILES string of the molecule is CC1N=C(N)SC1C(=O)NCc1cc(F)c(F)c(F)c1F. The molecule has 9 heteroatoms. The molecule has 1 aromatic carbocycles. The number of hydrogen-bond acceptors (Lipinski definition) is 4. The molecular weight excluding hydrogens is 310 g/mol. The van der Waals surface area contributed by atoms with E-state index in [1.54, 1.807) is 6.92 Å². The molecule has 4 nitrogen and oxygen atoms in total. The summed E-state index contributed by atoms with van der Waals surface area (Å²) in [6.07, 6.45) is 0. The number of carbonyl (C=O) groups excluding carboxylic acids is 1. The van der Waals surface area contributed by atoms with Crippen molar-refractivity contribution in [2.75, 3.05) is 0 Å². The molecule has 1 amide bonds. The summed E-state index contributed by atoms with van der Waals surface area (Å²) >= 11 is 1.04. The molecule has 2 rings (SSSR count). The van der Waals surface area contributed by atoms with Crippen LogP contribution in [0.15, 0.2) is 11.1 Å². The average Bonchev–Trinajstić information content (AvgIpc) is 2.77. The maximum Gasteiger partial charge on any atom is 0.236 e. The van der Waals surface area contributed by atoms with E-state index in [0.29, 0.717) is 6.07 Å². The van der Waals surface area contributed by atoms with Crippen molar-refractivity contribution < 1.29 is 22.4 Å². The largest absolute Gasteiger partial charge is 0.379 e. The molecule has 1 aromatic rings. The van der Waals surface area contributed by atoms with Crippen LogP contribution >= 0.6 is 11.8 Å². The molecule has 2 atom stereocenters. The summed E-state index contributed by atoms with van der Waals surface area (Å²) < 4.78 is 52.3. The molecule has 0 saturated carbocycles. The lowest BCUT2D eigenvalue weighted by atomic mass is 10.1. The van der Waals surface area contributed by atoms with Gasteiger partial charge in [-0.1, -0.05) is 11.8 Å². The summed E-state index contributed by atoms with van der Waals surface area (Å²) in [5, 5.41) is 1.99. The second kappa shape index (κ2) is 5.92. The molecule has 0 bridgehead atoms. The Morgan fingerprint density at radius 3 is 2.57 bits per heavy atom. The number of benzene rings is 1. The van der Waals surface area contributed by atoms with Crippen LogP contribution in [0.3, 0.4) is 0 Å². The Kier molecular flexibility index (Phi) is 4.40. The Morgan fingerprint density at radius 1 is 1.33 bits per heavy atom. The van der Waals surface area contributed by atoms with E-state index in [1.165, 1.54) is 0 Å². The molecule has 0 radical (unpaired) electrons. The van der Waals surface area contributed by atoms with Crippen LogP contribution in [-0.2, 0) is 11.3 Å². The number of amides is 1. The Bertz CT molecular complexity index is 623. The molecule has 1 heterocycles. The predicted octanol–water partition coefficient (Wildman–Crippen LogP) is 1.68. The second-order valence-corrected chi connectivity index (χ2v) is 5.59. The maximum absolute atomic E-state index is 13.4. The van der Waals surface area contributed by atoms with Crippen molar-refractivity contribution in [1.29, 1.82) is 0 Å². The van der Waals surface area contributed by atoms with Gasteiger partial charge in [0, 0.05) is 12.1 Å². The topological polar surface area (TPSA) is 67.5 Å². The zero-order valence-electron chi connectivity index (χ0n) is 10.8. The van der Waals surface area contributed by atoms with Gasteiger partial charge in [-0.05, 0) is 13.0 Å². The highest BCUT2D eigenvalue weighted by Gasteiger charge is 2.32. The van der Waals surface area contributed by atoms with E-state index in [1.807, 2.05) is 0 Å². The summed E-state index contributed by atoms with van der Waals surface area (Å²) in [7, 11) is 0. The molecule has 0 saturated heterocycles. The van der Waals surface area contributed by atoms with Gasteiger partial charge in [0.2, 0.25) is 5.91 Å². The lowest BCUT2D eigenvalue weighted by Gasteiger charge is -2.13. The molecular formula is C12H11F4N3OS. The third-order valence-electron chi connectivity index (χ3n) is 2.91. The van der Waals surface area contributed by atoms with Gasteiger partial charge in [-0.2, -0.15) is 0 Å². The van der Waals surface area contributed by atoms with E-state index in [4.69, 9.17) is 5.73 Å². The maximum atomic E-state index is 13.4. The van der Waals surface area contributed by atoms with Crippen LogP contribution < -0.4 is 11.1 Å². The van der Waals surface area contributed by atoms with Gasteiger partial charge in [0.25, 0.3) is 0 Å². The number of thioether (sulfide) groups is 1. The van der Waals surface area contributed by atoms with Gasteiger partial charge in [0.15, 0.2) is 28.4 Å². The van der Waals surface area contributed by atoms with E-state index in [-0.39, 0.29) is 11.2 Å². The van der Waals surface area contributed by atoms with E-state index < -0.39 is 46.5 Å². The zero-order chi connectivity index (χ0) is 15.7. The number of amidine groups is 1. The Balaban J connectivity index is 2.06. The minimum Gasteiger partial charge on any atom is -0.379 e. The quantitative estimate of drug-likeness (QED) is 0.506. The van der Waals surface area contributed by atoms with Crippen molar-refractivity contribution >= 4 is 22.8 Å². The number of nitrogens with zero attached hydrogens (tertiary/aromatic N) is 1. The summed E-state index contributed by atoms with van der Waals surface area (Å²) in [6.45, 7) is 1.21. The van der Waals surface area contributed by atoms with Gasteiger partial charge < -0.3 is 11.1 Å². The summed E-state index contributed by atoms with van der Waals surface area (Å²) in [6, 6.07) is 0.144. The van der Waals surface area contributed by atoms with Crippen molar-refractivity contribution in [3.63, 3.8) is 0 Å². The van der Waals surface area contributed by atoms with E-state index >= 15 is 0 Å². The highest BCUT2D eigenvalue weighted by Crippen LogP contribution is 2.25. The lowest BCUT2D eigenvalue weighted by molar-refractivity contribution is -0.120. The first-order chi connectivity index (χ1) is 9.81. The highest BCUT2D eigenvalue weighted by atomic mass is 32.2. The molecule has 0 aliphatic carbocycles. The molecule has 114 valence electrons. The van der Waals surface area contributed by atoms with Crippen molar-refractivity contribution in [3.8, 4) is 0 Å². The first kappa shape index (κ1) is 15.6. The van der Waals surface area contributed by atoms with Crippen LogP contribution in [0.2, 0.25) is 0 Å². The molecule has 3 N–H and O–H groups in total. The van der Waals surface area contributed by atoms with Crippen LogP contribution in [0.4, 0.5) is 17.6 Å². The van der Waals surface area contributed by atoms with Crippen LogP contribution in [-0.4, -0.2) is 22.4 Å². The number of rotatable bonds is 3. The van der Waals surface area contributed by atoms with Crippen LogP contribution in [0.25, 0.3) is 0 Å². The van der Waals surface area contributed by atoms with Crippen molar-refractivity contribution in [2.45, 2.75) is 24.8 Å². The molecule has 1 aliphatic rings. The van der Waals surface area contributed by atoms with Gasteiger partial charge in [0.05, 0.1) is 6.04 Å². The minimum atomic E-state index is -1.91. The number of hydrogen-bond donors (Lipinski definition) is 2. The van der Waals surface area contributed by atoms with Gasteiger partial charge in [-0.3, -0.25) is 9.79 Å². The Labute approximate surface area is 121 Å². The van der Waals surface area contributed by atoms with Crippen molar-refractivity contribution in [3.05, 3.63) is 34.9 Å². The molecule has 2 unspecified atom stereocenters. The van der Waals surface area contributed by atoms with E-state index in [9.17, 15) is 22.4 Å². The molecule has 0 fully saturated rings. The fourth-order valence-electron chi connectivity index (χ4n) is 1.83. The normalized spacial score (nSPS) is 21.3. The molecule has 0 spiro atoms. The Morgan fingerprint density at radius 2 is 2.00 bits per heavy atom. The zero-order valence-corrected chi connectivity index (χ0v) is 11.6. The van der Waals surface area contributed by atoms with Gasteiger partial charge in [-0.25, -0.2) is 17.6 Å². The monoisotopic (exact) mass is 321 g/mol. The summed E-state index contributed by atoms with van der Waals surface area (Å²) in [4.78, 5) is 15.8. The van der Waals surface area contributed by atoms with E-state index in [2.05, 4.69) is 10.3 Å². The number of nitrogens with two attached hydrogens (primary N) is 1. The highest BCUT2D eigenvalue weighted by molar-refractivity contribution is 8.15. The molecule has 1 aliphatic heterocycles. The minimum absolute atomic E-state index is 0.257. The lowest BCUT2D eigenvalue weighted by Crippen LogP contribution is -2.36. The first-order valence-electron chi connectivity index (χ1n) is 5.90. The second-order valence-electron chi connectivity index (χ2n) is 4.42.